The Balaban J connectivity index is 1.37. The predicted octanol–water partition coefficient (Wildman–Crippen LogP) is 3.71. The fourth-order valence-corrected chi connectivity index (χ4v) is 3.38. The largest absolute Gasteiger partial charge is 0.452 e. The molecule has 2 heterocycles. The zero-order valence-electron chi connectivity index (χ0n) is 15.4. The smallest absolute Gasteiger partial charge is 0.340 e. The SMILES string of the molecule is O=C(OCC(=O)N1CC=C(c2ccccc2)CC1)c1cccc2cccnc12. The molecule has 0 atom stereocenters. The summed E-state index contributed by atoms with van der Waals surface area (Å²) in [5, 5.41) is 0.859. The summed E-state index contributed by atoms with van der Waals surface area (Å²) < 4.78 is 5.27. The second-order valence-corrected chi connectivity index (χ2v) is 6.64. The number of carbonyl (C=O) groups excluding carboxylic acids is 2. The Morgan fingerprint density at radius 3 is 2.61 bits per heavy atom. The Labute approximate surface area is 163 Å². The molecule has 1 amide bonds. The van der Waals surface area contributed by atoms with Crippen LogP contribution in [0.1, 0.15) is 22.3 Å². The zero-order valence-corrected chi connectivity index (χ0v) is 15.4. The molecule has 0 saturated heterocycles. The molecule has 1 aliphatic rings. The van der Waals surface area contributed by atoms with Gasteiger partial charge in [-0.05, 0) is 29.7 Å². The molecule has 0 aliphatic carbocycles. The van der Waals surface area contributed by atoms with Crippen LogP contribution in [0.2, 0.25) is 0 Å². The number of rotatable bonds is 4. The topological polar surface area (TPSA) is 59.5 Å². The second-order valence-electron chi connectivity index (χ2n) is 6.64. The molecule has 0 spiro atoms. The monoisotopic (exact) mass is 372 g/mol. The second kappa shape index (κ2) is 8.05. The maximum atomic E-state index is 12.4. The quantitative estimate of drug-likeness (QED) is 0.655. The van der Waals surface area contributed by atoms with E-state index < -0.39 is 5.97 Å². The first kappa shape index (κ1) is 17.9. The van der Waals surface area contributed by atoms with Crippen molar-refractivity contribution in [2.75, 3.05) is 19.7 Å². The first-order valence-electron chi connectivity index (χ1n) is 9.25. The van der Waals surface area contributed by atoms with E-state index in [9.17, 15) is 9.59 Å². The molecule has 5 heteroatoms. The van der Waals surface area contributed by atoms with Crippen LogP contribution >= 0.6 is 0 Å². The molecule has 140 valence electrons. The minimum atomic E-state index is -0.532. The molecule has 5 nitrogen and oxygen atoms in total. The fourth-order valence-electron chi connectivity index (χ4n) is 3.38. The van der Waals surface area contributed by atoms with Crippen LogP contribution in [0.5, 0.6) is 0 Å². The minimum absolute atomic E-state index is 0.190. The third-order valence-corrected chi connectivity index (χ3v) is 4.89. The third-order valence-electron chi connectivity index (χ3n) is 4.89. The minimum Gasteiger partial charge on any atom is -0.452 e. The molecule has 0 radical (unpaired) electrons. The van der Waals surface area contributed by atoms with Gasteiger partial charge in [0.05, 0.1) is 11.1 Å². The number of hydrogen-bond donors (Lipinski definition) is 0. The maximum absolute atomic E-state index is 12.4. The molecule has 1 aromatic heterocycles. The van der Waals surface area contributed by atoms with E-state index in [-0.39, 0.29) is 12.5 Å². The summed E-state index contributed by atoms with van der Waals surface area (Å²) in [6, 6.07) is 19.2. The first-order valence-corrected chi connectivity index (χ1v) is 9.25. The third kappa shape index (κ3) is 3.78. The van der Waals surface area contributed by atoms with E-state index in [4.69, 9.17) is 4.74 Å². The van der Waals surface area contributed by atoms with E-state index in [1.807, 2.05) is 36.4 Å². The van der Waals surface area contributed by atoms with Gasteiger partial charge in [-0.3, -0.25) is 9.78 Å². The number of aromatic nitrogens is 1. The Morgan fingerprint density at radius 1 is 1.00 bits per heavy atom. The van der Waals surface area contributed by atoms with Crippen molar-refractivity contribution in [2.45, 2.75) is 6.42 Å². The fraction of sp³-hybridized carbons (Fsp3) is 0.174. The normalized spacial score (nSPS) is 13.9. The lowest BCUT2D eigenvalue weighted by atomic mass is 10.00. The molecular formula is C23H20N2O3. The summed E-state index contributed by atoms with van der Waals surface area (Å²) in [4.78, 5) is 30.8. The summed E-state index contributed by atoms with van der Waals surface area (Å²) in [5.41, 5.74) is 3.37. The first-order chi connectivity index (χ1) is 13.7. The van der Waals surface area contributed by atoms with E-state index in [0.717, 1.165) is 11.8 Å². The van der Waals surface area contributed by atoms with Crippen LogP contribution in [0, 0.1) is 0 Å². The van der Waals surface area contributed by atoms with Gasteiger partial charge in [0.1, 0.15) is 0 Å². The van der Waals surface area contributed by atoms with Crippen LogP contribution in [0.15, 0.2) is 72.9 Å². The van der Waals surface area contributed by atoms with Crippen molar-refractivity contribution in [2.24, 2.45) is 0 Å². The lowest BCUT2D eigenvalue weighted by Gasteiger charge is -2.26. The average molecular weight is 372 g/mol. The van der Waals surface area contributed by atoms with Crippen LogP contribution in [-0.4, -0.2) is 41.5 Å². The van der Waals surface area contributed by atoms with Crippen molar-refractivity contribution in [3.63, 3.8) is 0 Å². The van der Waals surface area contributed by atoms with E-state index >= 15 is 0 Å². The molecule has 0 saturated carbocycles. The standard InChI is InChI=1S/C23H20N2O3/c26-21(25-14-11-18(12-15-25)17-6-2-1-3-7-17)16-28-23(27)20-10-4-8-19-9-5-13-24-22(19)20/h1-11,13H,12,14-16H2. The number of nitrogens with zero attached hydrogens (tertiary/aromatic N) is 2. The summed E-state index contributed by atoms with van der Waals surface area (Å²) in [5.74, 6) is -0.722. The number of pyridine rings is 1. The Hall–Kier alpha value is -3.47. The Kier molecular flexibility index (Phi) is 5.15. The summed E-state index contributed by atoms with van der Waals surface area (Å²) in [6.07, 6.45) is 4.48. The number of ether oxygens (including phenoxy) is 1. The lowest BCUT2D eigenvalue weighted by molar-refractivity contribution is -0.134. The van der Waals surface area contributed by atoms with E-state index in [1.165, 1.54) is 11.1 Å². The van der Waals surface area contributed by atoms with Crippen LogP contribution in [-0.2, 0) is 9.53 Å². The number of benzene rings is 2. The van der Waals surface area contributed by atoms with E-state index in [2.05, 4.69) is 23.2 Å². The zero-order chi connectivity index (χ0) is 19.3. The highest BCUT2D eigenvalue weighted by Gasteiger charge is 2.20. The van der Waals surface area contributed by atoms with Crippen LogP contribution < -0.4 is 0 Å². The van der Waals surface area contributed by atoms with Crippen molar-refractivity contribution in [1.29, 1.82) is 0 Å². The Bertz CT molecular complexity index is 1040. The number of esters is 1. The number of fused-ring (bicyclic) bond motifs is 1. The molecule has 3 aromatic rings. The summed E-state index contributed by atoms with van der Waals surface area (Å²) >= 11 is 0. The maximum Gasteiger partial charge on any atom is 0.340 e. The summed E-state index contributed by atoms with van der Waals surface area (Å²) in [6.45, 7) is 0.875. The Morgan fingerprint density at radius 2 is 1.82 bits per heavy atom. The lowest BCUT2D eigenvalue weighted by Crippen LogP contribution is -2.37. The van der Waals surface area contributed by atoms with Gasteiger partial charge in [0.2, 0.25) is 0 Å². The molecule has 28 heavy (non-hydrogen) atoms. The molecule has 2 aromatic carbocycles. The molecule has 0 N–H and O–H groups in total. The number of carbonyl (C=O) groups is 2. The number of para-hydroxylation sites is 1. The van der Waals surface area contributed by atoms with E-state index in [0.29, 0.717) is 24.2 Å². The number of hydrogen-bond acceptors (Lipinski definition) is 4. The van der Waals surface area contributed by atoms with Crippen molar-refractivity contribution in [1.82, 2.24) is 9.88 Å². The van der Waals surface area contributed by atoms with Gasteiger partial charge in [-0.25, -0.2) is 4.79 Å². The van der Waals surface area contributed by atoms with Gasteiger partial charge < -0.3 is 9.64 Å². The molecule has 1 aliphatic heterocycles. The molecule has 0 unspecified atom stereocenters. The number of amides is 1. The van der Waals surface area contributed by atoms with Gasteiger partial charge in [-0.15, -0.1) is 0 Å². The van der Waals surface area contributed by atoms with Gasteiger partial charge in [0.25, 0.3) is 5.91 Å². The van der Waals surface area contributed by atoms with Gasteiger partial charge in [-0.2, -0.15) is 0 Å². The van der Waals surface area contributed by atoms with Crippen molar-refractivity contribution in [3.8, 4) is 0 Å². The van der Waals surface area contributed by atoms with Gasteiger partial charge >= 0.3 is 5.97 Å². The van der Waals surface area contributed by atoms with Crippen LogP contribution in [0.3, 0.4) is 0 Å². The van der Waals surface area contributed by atoms with Gasteiger partial charge in [0.15, 0.2) is 6.61 Å². The molecule has 4 rings (SSSR count). The highest BCUT2D eigenvalue weighted by atomic mass is 16.5. The van der Waals surface area contributed by atoms with E-state index in [1.54, 1.807) is 23.2 Å². The van der Waals surface area contributed by atoms with Gasteiger partial charge in [-0.1, -0.05) is 54.6 Å². The molecule has 0 bridgehead atoms. The predicted molar refractivity (Wildman–Crippen MR) is 108 cm³/mol. The van der Waals surface area contributed by atoms with Crippen LogP contribution in [0.25, 0.3) is 16.5 Å². The summed E-state index contributed by atoms with van der Waals surface area (Å²) in [7, 11) is 0. The van der Waals surface area contributed by atoms with Crippen molar-refractivity contribution in [3.05, 3.63) is 84.1 Å². The highest BCUT2D eigenvalue weighted by molar-refractivity contribution is 6.03. The van der Waals surface area contributed by atoms with Gasteiger partial charge in [0, 0.05) is 24.7 Å². The average Bonchev–Trinajstić information content (AvgIpc) is 2.77. The molecular weight excluding hydrogens is 352 g/mol. The van der Waals surface area contributed by atoms with Crippen LogP contribution in [0.4, 0.5) is 0 Å². The highest BCUT2D eigenvalue weighted by Crippen LogP contribution is 2.22. The van der Waals surface area contributed by atoms with Crippen molar-refractivity contribution < 1.29 is 14.3 Å². The molecule has 0 fully saturated rings. The van der Waals surface area contributed by atoms with Crippen molar-refractivity contribution >= 4 is 28.4 Å².